The Bertz CT molecular complexity index is 2720. The van der Waals surface area contributed by atoms with Crippen LogP contribution < -0.4 is 0 Å². The van der Waals surface area contributed by atoms with Gasteiger partial charge < -0.3 is 0 Å². The first-order valence-corrected chi connectivity index (χ1v) is 18.7. The molecule has 0 atom stereocenters. The average Bonchev–Trinajstić information content (AvgIpc) is 3.58. The van der Waals surface area contributed by atoms with Gasteiger partial charge in [0.25, 0.3) is 0 Å². The van der Waals surface area contributed by atoms with Crippen molar-refractivity contribution in [2.45, 2.75) is 5.41 Å². The van der Waals surface area contributed by atoms with Gasteiger partial charge in [0.2, 0.25) is 0 Å². The maximum absolute atomic E-state index is 5.25. The molecule has 7 aromatic carbocycles. The van der Waals surface area contributed by atoms with E-state index in [1.807, 2.05) is 18.3 Å². The fraction of sp³-hybridized carbons (Fsp3) is 0.0192. The molecule has 1 aliphatic carbocycles. The fourth-order valence-corrected chi connectivity index (χ4v) is 8.29. The monoisotopic (exact) mass is 701 g/mol. The summed E-state index contributed by atoms with van der Waals surface area (Å²) in [5.41, 5.74) is 16.4. The van der Waals surface area contributed by atoms with Gasteiger partial charge in [-0.3, -0.25) is 4.98 Å². The predicted octanol–water partition coefficient (Wildman–Crippen LogP) is 12.6. The second-order valence-electron chi connectivity index (χ2n) is 14.0. The molecule has 0 saturated carbocycles. The van der Waals surface area contributed by atoms with Crippen molar-refractivity contribution < 1.29 is 0 Å². The summed E-state index contributed by atoms with van der Waals surface area (Å²) in [4.78, 5) is 14.9. The van der Waals surface area contributed by atoms with Gasteiger partial charge in [0, 0.05) is 29.1 Å². The third kappa shape index (κ3) is 5.65. The quantitative estimate of drug-likeness (QED) is 0.166. The Balaban J connectivity index is 1.08. The zero-order chi connectivity index (χ0) is 36.6. The van der Waals surface area contributed by atoms with Gasteiger partial charge in [-0.15, -0.1) is 0 Å². The second kappa shape index (κ2) is 13.6. The first kappa shape index (κ1) is 32.4. The Labute approximate surface area is 321 Å². The van der Waals surface area contributed by atoms with Crippen LogP contribution in [0.4, 0.5) is 0 Å². The highest BCUT2D eigenvalue weighted by Crippen LogP contribution is 2.56. The number of aromatic nitrogens is 3. The summed E-state index contributed by atoms with van der Waals surface area (Å²) in [7, 11) is 0. The lowest BCUT2D eigenvalue weighted by molar-refractivity contribution is 0.768. The molecule has 0 saturated heterocycles. The van der Waals surface area contributed by atoms with Crippen LogP contribution in [0.25, 0.3) is 67.3 Å². The van der Waals surface area contributed by atoms with Gasteiger partial charge >= 0.3 is 0 Å². The average molecular weight is 702 g/mol. The topological polar surface area (TPSA) is 38.7 Å². The first-order chi connectivity index (χ1) is 27.3. The first-order valence-electron chi connectivity index (χ1n) is 18.7. The van der Waals surface area contributed by atoms with Crippen molar-refractivity contribution in [3.8, 4) is 67.3 Å². The zero-order valence-corrected chi connectivity index (χ0v) is 30.0. The van der Waals surface area contributed by atoms with Crippen molar-refractivity contribution in [3.05, 3.63) is 235 Å². The number of hydrogen-bond donors (Lipinski definition) is 0. The molecule has 0 spiro atoms. The van der Waals surface area contributed by atoms with Crippen LogP contribution in [0.1, 0.15) is 22.3 Å². The zero-order valence-electron chi connectivity index (χ0n) is 30.0. The van der Waals surface area contributed by atoms with E-state index >= 15 is 0 Å². The molecular formula is C52H35N3. The summed E-state index contributed by atoms with van der Waals surface area (Å²) in [5, 5.41) is 0. The smallest absolute Gasteiger partial charge is 0.160 e. The van der Waals surface area contributed by atoms with Gasteiger partial charge in [-0.25, -0.2) is 9.97 Å². The minimum absolute atomic E-state index is 0.458. The van der Waals surface area contributed by atoms with Gasteiger partial charge in [0.15, 0.2) is 5.82 Å². The van der Waals surface area contributed by atoms with E-state index < -0.39 is 5.41 Å². The van der Waals surface area contributed by atoms with Crippen LogP contribution in [-0.4, -0.2) is 15.0 Å². The maximum Gasteiger partial charge on any atom is 0.160 e. The molecule has 0 N–H and O–H groups in total. The number of rotatable bonds is 7. The van der Waals surface area contributed by atoms with Crippen molar-refractivity contribution in [1.82, 2.24) is 15.0 Å². The predicted molar refractivity (Wildman–Crippen MR) is 224 cm³/mol. The Hall–Kier alpha value is -7.23. The second-order valence-corrected chi connectivity index (χ2v) is 14.0. The molecule has 0 radical (unpaired) electrons. The van der Waals surface area contributed by atoms with E-state index in [4.69, 9.17) is 9.97 Å². The molecule has 3 heteroatoms. The van der Waals surface area contributed by atoms with Crippen molar-refractivity contribution in [2.24, 2.45) is 0 Å². The molecule has 2 heterocycles. The van der Waals surface area contributed by atoms with Crippen molar-refractivity contribution in [1.29, 1.82) is 0 Å². The van der Waals surface area contributed by atoms with Crippen molar-refractivity contribution in [2.75, 3.05) is 0 Å². The Morgan fingerprint density at radius 3 is 1.40 bits per heavy atom. The molecule has 258 valence electrons. The molecule has 0 amide bonds. The number of hydrogen-bond acceptors (Lipinski definition) is 3. The summed E-state index contributed by atoms with van der Waals surface area (Å²) in [5.74, 6) is 0.675. The van der Waals surface area contributed by atoms with Crippen molar-refractivity contribution >= 4 is 0 Å². The number of benzene rings is 7. The Morgan fingerprint density at radius 1 is 0.327 bits per heavy atom. The van der Waals surface area contributed by atoms with E-state index in [0.717, 1.165) is 33.6 Å². The third-order valence-corrected chi connectivity index (χ3v) is 10.9. The molecule has 55 heavy (non-hydrogen) atoms. The number of nitrogens with zero attached hydrogens (tertiary/aromatic N) is 3. The Kier molecular flexibility index (Phi) is 8.04. The summed E-state index contributed by atoms with van der Waals surface area (Å²) in [6.45, 7) is 0. The molecule has 9 aromatic rings. The highest BCUT2D eigenvalue weighted by atomic mass is 14.9. The van der Waals surface area contributed by atoms with E-state index in [2.05, 4.69) is 193 Å². The minimum atomic E-state index is -0.458. The highest BCUT2D eigenvalue weighted by Gasteiger charge is 2.46. The van der Waals surface area contributed by atoms with Crippen LogP contribution >= 0.6 is 0 Å². The molecule has 0 unspecified atom stereocenters. The molecule has 0 fully saturated rings. The lowest BCUT2D eigenvalue weighted by Gasteiger charge is -2.33. The van der Waals surface area contributed by atoms with E-state index in [1.54, 1.807) is 6.20 Å². The molecule has 0 bridgehead atoms. The van der Waals surface area contributed by atoms with Crippen LogP contribution in [0.5, 0.6) is 0 Å². The van der Waals surface area contributed by atoms with Gasteiger partial charge in [0.1, 0.15) is 0 Å². The third-order valence-electron chi connectivity index (χ3n) is 10.9. The summed E-state index contributed by atoms with van der Waals surface area (Å²) >= 11 is 0. The highest BCUT2D eigenvalue weighted by molar-refractivity contribution is 5.88. The van der Waals surface area contributed by atoms with Crippen LogP contribution in [0, 0.1) is 0 Å². The fourth-order valence-electron chi connectivity index (χ4n) is 8.29. The lowest BCUT2D eigenvalue weighted by atomic mass is 9.67. The lowest BCUT2D eigenvalue weighted by Crippen LogP contribution is -2.28. The SMILES string of the molecule is c1ccc(-c2ccc(-c3ccc(-c4cc(-c5cccnc5)nc(-c5ccc6c(c5)-c5ccccc5C6(c5ccccc5)c5ccccc5)n4)cc3)cc2)cc1. The standard InChI is InChI=1S/C52H35N3/c1-4-13-36(14-5-1)37-22-24-38(25-23-37)39-26-28-40(29-27-39)49-34-50(42-15-12-32-53-35-42)55-51(54-49)41-30-31-48-46(33-41)45-20-10-11-21-47(45)52(48,43-16-6-2-7-17-43)44-18-8-3-9-19-44/h1-35H. The van der Waals surface area contributed by atoms with E-state index in [9.17, 15) is 0 Å². The van der Waals surface area contributed by atoms with E-state index in [-0.39, 0.29) is 0 Å². The normalized spacial score (nSPS) is 12.5. The van der Waals surface area contributed by atoms with Crippen LogP contribution in [0.2, 0.25) is 0 Å². The van der Waals surface area contributed by atoms with Crippen LogP contribution in [-0.2, 0) is 5.41 Å². The summed E-state index contributed by atoms with van der Waals surface area (Å²) in [6, 6.07) is 71.4. The molecule has 3 nitrogen and oxygen atoms in total. The van der Waals surface area contributed by atoms with Crippen LogP contribution in [0.15, 0.2) is 213 Å². The Morgan fingerprint density at radius 2 is 0.800 bits per heavy atom. The maximum atomic E-state index is 5.25. The van der Waals surface area contributed by atoms with Gasteiger partial charge in [0.05, 0.1) is 16.8 Å². The van der Waals surface area contributed by atoms with Gasteiger partial charge in [-0.2, -0.15) is 0 Å². The molecule has 10 rings (SSSR count). The molecular weight excluding hydrogens is 667 g/mol. The molecule has 1 aliphatic rings. The van der Waals surface area contributed by atoms with E-state index in [0.29, 0.717) is 5.82 Å². The minimum Gasteiger partial charge on any atom is -0.264 e. The molecule has 0 aliphatic heterocycles. The largest absolute Gasteiger partial charge is 0.264 e. The number of fused-ring (bicyclic) bond motifs is 3. The van der Waals surface area contributed by atoms with Crippen LogP contribution in [0.3, 0.4) is 0 Å². The van der Waals surface area contributed by atoms with Gasteiger partial charge in [-0.1, -0.05) is 176 Å². The summed E-state index contributed by atoms with van der Waals surface area (Å²) in [6.07, 6.45) is 3.66. The van der Waals surface area contributed by atoms with Gasteiger partial charge in [-0.05, 0) is 79.9 Å². The van der Waals surface area contributed by atoms with E-state index in [1.165, 1.54) is 50.1 Å². The van der Waals surface area contributed by atoms with Crippen molar-refractivity contribution in [3.63, 3.8) is 0 Å². The number of pyridine rings is 1. The molecule has 2 aromatic heterocycles. The summed E-state index contributed by atoms with van der Waals surface area (Å²) < 4.78 is 0.